The lowest BCUT2D eigenvalue weighted by Gasteiger charge is -2.22. The number of benzene rings is 1. The van der Waals surface area contributed by atoms with Crippen LogP contribution in [0.1, 0.15) is 18.5 Å². The molecule has 1 unspecified atom stereocenters. The van der Waals surface area contributed by atoms with Crippen LogP contribution in [-0.4, -0.2) is 30.4 Å². The van der Waals surface area contributed by atoms with Gasteiger partial charge in [-0.3, -0.25) is 5.10 Å². The van der Waals surface area contributed by atoms with E-state index in [9.17, 15) is 0 Å². The van der Waals surface area contributed by atoms with E-state index in [-0.39, 0.29) is 0 Å². The molecule has 1 fully saturated rings. The number of piperidine rings is 1. The third-order valence-electron chi connectivity index (χ3n) is 4.01. The summed E-state index contributed by atoms with van der Waals surface area (Å²) in [6, 6.07) is 8.17. The minimum Gasteiger partial charge on any atom is -0.497 e. The first-order chi connectivity index (χ1) is 9.86. The van der Waals surface area contributed by atoms with Crippen LogP contribution in [0.5, 0.6) is 5.75 Å². The van der Waals surface area contributed by atoms with Gasteiger partial charge < -0.3 is 10.1 Å². The molecule has 0 amide bonds. The van der Waals surface area contributed by atoms with Gasteiger partial charge in [0.1, 0.15) is 5.75 Å². The van der Waals surface area contributed by atoms with Gasteiger partial charge in [0.15, 0.2) is 0 Å². The van der Waals surface area contributed by atoms with Gasteiger partial charge in [0, 0.05) is 11.3 Å². The van der Waals surface area contributed by atoms with Gasteiger partial charge >= 0.3 is 0 Å². The van der Waals surface area contributed by atoms with Crippen LogP contribution in [0.3, 0.4) is 0 Å². The molecule has 1 aromatic carbocycles. The van der Waals surface area contributed by atoms with Crippen molar-refractivity contribution in [2.45, 2.75) is 19.3 Å². The molecule has 2 aromatic rings. The van der Waals surface area contributed by atoms with Crippen LogP contribution in [0.2, 0.25) is 0 Å². The molecule has 2 N–H and O–H groups in total. The Labute approximate surface area is 119 Å². The second-order valence-corrected chi connectivity index (χ2v) is 5.41. The minimum atomic E-state index is 0.709. The van der Waals surface area contributed by atoms with Gasteiger partial charge in [-0.25, -0.2) is 0 Å². The topological polar surface area (TPSA) is 49.9 Å². The molecule has 4 nitrogen and oxygen atoms in total. The third kappa shape index (κ3) is 2.85. The number of methoxy groups -OCH3 is 1. The van der Waals surface area contributed by atoms with E-state index in [0.717, 1.165) is 25.3 Å². The molecule has 4 heteroatoms. The fourth-order valence-electron chi connectivity index (χ4n) is 2.87. The van der Waals surface area contributed by atoms with E-state index in [1.54, 1.807) is 7.11 Å². The number of H-pyrrole nitrogens is 1. The number of nitrogens with zero attached hydrogens (tertiary/aromatic N) is 1. The standard InChI is InChI=1S/C16H21N3O/c1-20-14-6-4-13(5-7-14)15-11-18-19-16(15)9-12-3-2-8-17-10-12/h4-7,11-12,17H,2-3,8-10H2,1H3,(H,18,19). The maximum atomic E-state index is 5.21. The molecule has 0 bridgehead atoms. The molecule has 1 aromatic heterocycles. The molecule has 0 radical (unpaired) electrons. The fourth-order valence-corrected chi connectivity index (χ4v) is 2.87. The zero-order chi connectivity index (χ0) is 13.8. The van der Waals surface area contributed by atoms with Crippen LogP contribution < -0.4 is 10.1 Å². The Morgan fingerprint density at radius 1 is 1.30 bits per heavy atom. The van der Waals surface area contributed by atoms with E-state index >= 15 is 0 Å². The zero-order valence-electron chi connectivity index (χ0n) is 11.9. The summed E-state index contributed by atoms with van der Waals surface area (Å²) in [6.45, 7) is 2.27. The molecule has 1 aliphatic rings. The summed E-state index contributed by atoms with van der Waals surface area (Å²) in [5, 5.41) is 10.9. The van der Waals surface area contributed by atoms with Crippen molar-refractivity contribution in [3.63, 3.8) is 0 Å². The molecule has 2 heterocycles. The normalized spacial score (nSPS) is 18.9. The third-order valence-corrected chi connectivity index (χ3v) is 4.01. The predicted octanol–water partition coefficient (Wildman–Crippen LogP) is 2.63. The lowest BCUT2D eigenvalue weighted by Crippen LogP contribution is -2.31. The maximum Gasteiger partial charge on any atom is 0.118 e. The van der Waals surface area contributed by atoms with E-state index in [0.29, 0.717) is 5.92 Å². The number of aromatic nitrogens is 2. The molecule has 3 rings (SSSR count). The molecular weight excluding hydrogens is 250 g/mol. The van der Waals surface area contributed by atoms with Crippen molar-refractivity contribution in [2.24, 2.45) is 5.92 Å². The average Bonchev–Trinajstić information content (AvgIpc) is 2.96. The predicted molar refractivity (Wildman–Crippen MR) is 79.9 cm³/mol. The van der Waals surface area contributed by atoms with Crippen molar-refractivity contribution in [2.75, 3.05) is 20.2 Å². The number of rotatable bonds is 4. The summed E-state index contributed by atoms with van der Waals surface area (Å²) >= 11 is 0. The van der Waals surface area contributed by atoms with Gasteiger partial charge in [-0.05, 0) is 56.0 Å². The number of hydrogen-bond donors (Lipinski definition) is 2. The van der Waals surface area contributed by atoms with Crippen LogP contribution in [0.15, 0.2) is 30.5 Å². The molecule has 106 valence electrons. The summed E-state index contributed by atoms with van der Waals surface area (Å²) in [5.74, 6) is 1.59. The number of ether oxygens (including phenoxy) is 1. The quantitative estimate of drug-likeness (QED) is 0.898. The molecule has 0 saturated carbocycles. The summed E-state index contributed by atoms with van der Waals surface area (Å²) in [7, 11) is 1.69. The van der Waals surface area contributed by atoms with E-state index in [2.05, 4.69) is 27.6 Å². The lowest BCUT2D eigenvalue weighted by molar-refractivity contribution is 0.373. The van der Waals surface area contributed by atoms with Crippen molar-refractivity contribution in [3.8, 4) is 16.9 Å². The highest BCUT2D eigenvalue weighted by molar-refractivity contribution is 5.65. The Balaban J connectivity index is 1.77. The summed E-state index contributed by atoms with van der Waals surface area (Å²) in [5.41, 5.74) is 3.64. The minimum absolute atomic E-state index is 0.709. The van der Waals surface area contributed by atoms with Crippen molar-refractivity contribution in [1.82, 2.24) is 15.5 Å². The molecular formula is C16H21N3O. The molecule has 1 aliphatic heterocycles. The second-order valence-electron chi connectivity index (χ2n) is 5.41. The number of nitrogens with one attached hydrogen (secondary N) is 2. The number of aromatic amines is 1. The smallest absolute Gasteiger partial charge is 0.118 e. The van der Waals surface area contributed by atoms with Crippen LogP contribution in [-0.2, 0) is 6.42 Å². The molecule has 1 atom stereocenters. The summed E-state index contributed by atoms with van der Waals surface area (Å²) < 4.78 is 5.21. The summed E-state index contributed by atoms with van der Waals surface area (Å²) in [4.78, 5) is 0. The molecule has 1 saturated heterocycles. The van der Waals surface area contributed by atoms with E-state index in [1.165, 1.54) is 29.7 Å². The van der Waals surface area contributed by atoms with Crippen LogP contribution in [0.4, 0.5) is 0 Å². The molecule has 0 spiro atoms. The Morgan fingerprint density at radius 3 is 2.85 bits per heavy atom. The second kappa shape index (κ2) is 6.09. The van der Waals surface area contributed by atoms with Gasteiger partial charge in [0.05, 0.1) is 13.3 Å². The van der Waals surface area contributed by atoms with Gasteiger partial charge in [-0.15, -0.1) is 0 Å². The Morgan fingerprint density at radius 2 is 2.15 bits per heavy atom. The first kappa shape index (κ1) is 13.2. The molecule has 20 heavy (non-hydrogen) atoms. The molecule has 0 aliphatic carbocycles. The highest BCUT2D eigenvalue weighted by Gasteiger charge is 2.17. The van der Waals surface area contributed by atoms with Gasteiger partial charge in [-0.2, -0.15) is 5.10 Å². The summed E-state index contributed by atoms with van der Waals surface area (Å²) in [6.07, 6.45) is 5.56. The van der Waals surface area contributed by atoms with Crippen LogP contribution >= 0.6 is 0 Å². The van der Waals surface area contributed by atoms with E-state index in [1.807, 2.05) is 18.3 Å². The highest BCUT2D eigenvalue weighted by atomic mass is 16.5. The van der Waals surface area contributed by atoms with Gasteiger partial charge in [0.25, 0.3) is 0 Å². The van der Waals surface area contributed by atoms with Crippen molar-refractivity contribution in [3.05, 3.63) is 36.2 Å². The van der Waals surface area contributed by atoms with Crippen molar-refractivity contribution < 1.29 is 4.74 Å². The maximum absolute atomic E-state index is 5.21. The van der Waals surface area contributed by atoms with Crippen molar-refractivity contribution in [1.29, 1.82) is 0 Å². The number of hydrogen-bond acceptors (Lipinski definition) is 3. The van der Waals surface area contributed by atoms with Crippen molar-refractivity contribution >= 4 is 0 Å². The highest BCUT2D eigenvalue weighted by Crippen LogP contribution is 2.27. The zero-order valence-corrected chi connectivity index (χ0v) is 11.9. The van der Waals surface area contributed by atoms with Gasteiger partial charge in [-0.1, -0.05) is 12.1 Å². The van der Waals surface area contributed by atoms with Crippen LogP contribution in [0, 0.1) is 5.92 Å². The Bertz CT molecular complexity index is 541. The van der Waals surface area contributed by atoms with E-state index in [4.69, 9.17) is 4.74 Å². The Hall–Kier alpha value is -1.81. The average molecular weight is 271 g/mol. The first-order valence-electron chi connectivity index (χ1n) is 7.24. The SMILES string of the molecule is COc1ccc(-c2cn[nH]c2CC2CCCNC2)cc1. The lowest BCUT2D eigenvalue weighted by atomic mass is 9.92. The first-order valence-corrected chi connectivity index (χ1v) is 7.24. The van der Waals surface area contributed by atoms with Crippen LogP contribution in [0.25, 0.3) is 11.1 Å². The Kier molecular flexibility index (Phi) is 4.02. The van der Waals surface area contributed by atoms with E-state index < -0.39 is 0 Å². The van der Waals surface area contributed by atoms with Gasteiger partial charge in [0.2, 0.25) is 0 Å². The monoisotopic (exact) mass is 271 g/mol. The largest absolute Gasteiger partial charge is 0.497 e. The fraction of sp³-hybridized carbons (Fsp3) is 0.438.